The van der Waals surface area contributed by atoms with Crippen LogP contribution in [0.2, 0.25) is 10.5 Å². The summed E-state index contributed by atoms with van der Waals surface area (Å²) in [6.45, 7) is 0. The van der Waals surface area contributed by atoms with Gasteiger partial charge in [0.15, 0.2) is 0 Å². The monoisotopic (exact) mass is 273 g/mol. The Balaban J connectivity index is 2.13. The fourth-order valence-electron chi connectivity index (χ4n) is 3.63. The van der Waals surface area contributed by atoms with Crippen LogP contribution in [0.1, 0.15) is 19.3 Å². The van der Waals surface area contributed by atoms with Gasteiger partial charge < -0.3 is 0 Å². The van der Waals surface area contributed by atoms with E-state index in [0.717, 1.165) is 0 Å². The van der Waals surface area contributed by atoms with E-state index in [4.69, 9.17) is 0 Å². The van der Waals surface area contributed by atoms with Crippen molar-refractivity contribution in [2.45, 2.75) is 29.7 Å². The van der Waals surface area contributed by atoms with Crippen molar-refractivity contribution in [2.24, 2.45) is 0 Å². The predicted octanol–water partition coefficient (Wildman–Crippen LogP) is 5.30. The summed E-state index contributed by atoms with van der Waals surface area (Å²) in [6, 6.07) is 0. The van der Waals surface area contributed by atoms with Crippen LogP contribution in [0.5, 0.6) is 0 Å². The topological polar surface area (TPSA) is 0 Å². The molecule has 0 aromatic carbocycles. The molecule has 0 fully saturated rings. The Labute approximate surface area is 111 Å². The van der Waals surface area contributed by atoms with Crippen LogP contribution in [-0.4, -0.2) is 0 Å². The summed E-state index contributed by atoms with van der Waals surface area (Å²) in [6.07, 6.45) is 24.4. The van der Waals surface area contributed by atoms with E-state index in [9.17, 15) is 0 Å². The third-order valence-electron chi connectivity index (χ3n) is 5.20. The van der Waals surface area contributed by atoms with E-state index in [0.29, 0.717) is 0 Å². The van der Waals surface area contributed by atoms with Crippen molar-refractivity contribution < 1.29 is 15.3 Å². The molecular weight excluding hydrogens is 252 g/mol. The van der Waals surface area contributed by atoms with E-state index in [1.165, 1.54) is 19.3 Å². The van der Waals surface area contributed by atoms with Gasteiger partial charge in [0.05, 0.1) is 0 Å². The summed E-state index contributed by atoms with van der Waals surface area (Å²) in [5.41, 5.74) is 0. The average molecular weight is 273 g/mol. The second kappa shape index (κ2) is 4.08. The summed E-state index contributed by atoms with van der Waals surface area (Å²) in [4.78, 5) is 0. The van der Waals surface area contributed by atoms with Crippen LogP contribution in [0.4, 0.5) is 0 Å². The van der Waals surface area contributed by atoms with Crippen LogP contribution in [0, 0.1) is 0 Å². The van der Waals surface area contributed by atoms with Crippen LogP contribution in [0.3, 0.4) is 0 Å². The van der Waals surface area contributed by atoms with Gasteiger partial charge in [-0.1, -0.05) is 0 Å². The summed E-state index contributed by atoms with van der Waals surface area (Å²) < 4.78 is 5.16. The van der Waals surface area contributed by atoms with E-state index in [-0.39, 0.29) is 0 Å². The van der Waals surface area contributed by atoms with Gasteiger partial charge in [-0.15, -0.1) is 0 Å². The number of rotatable bonds is 3. The van der Waals surface area contributed by atoms with Crippen LogP contribution in [-0.2, 0) is 15.3 Å². The van der Waals surface area contributed by atoms with Crippen molar-refractivity contribution in [3.05, 3.63) is 66.3 Å². The standard InChI is InChI=1S/3C5H5.2CH3.Ti/c3*1-2-4-5-3-1;;;/h3*1-3H,4H2;2*1H3;. The Hall–Kier alpha value is -0.846. The van der Waals surface area contributed by atoms with Crippen LogP contribution in [0.25, 0.3) is 0 Å². The molecule has 0 aliphatic heterocycles. The van der Waals surface area contributed by atoms with E-state index in [2.05, 4.69) is 65.1 Å². The molecule has 0 aromatic heterocycles. The Morgan fingerprint density at radius 1 is 0.667 bits per heavy atom. The first-order valence-electron chi connectivity index (χ1n) is 6.90. The normalized spacial score (nSPS) is 23.9. The zero-order valence-electron chi connectivity index (χ0n) is 11.3. The summed E-state index contributed by atoms with van der Waals surface area (Å²) in [7, 11) is 0. The van der Waals surface area contributed by atoms with Crippen LogP contribution < -0.4 is 0 Å². The molecule has 0 unspecified atom stereocenters. The molecule has 1 heteroatoms. The molecule has 0 radical (unpaired) electrons. The van der Waals surface area contributed by atoms with Gasteiger partial charge in [0.2, 0.25) is 0 Å². The Kier molecular flexibility index (Phi) is 2.77. The first-order chi connectivity index (χ1) is 8.62. The molecule has 0 nitrogen and oxygen atoms in total. The molecule has 0 amide bonds. The first-order valence-corrected chi connectivity index (χ1v) is 12.4. The third kappa shape index (κ3) is 1.56. The molecule has 0 saturated heterocycles. The molecule has 3 rings (SSSR count). The number of allylic oxidation sites excluding steroid dienone is 12. The van der Waals surface area contributed by atoms with Gasteiger partial charge in [0.25, 0.3) is 0 Å². The van der Waals surface area contributed by atoms with Crippen molar-refractivity contribution in [1.82, 2.24) is 0 Å². The van der Waals surface area contributed by atoms with Crippen molar-refractivity contribution in [1.29, 1.82) is 0 Å². The number of hydrogen-bond donors (Lipinski definition) is 0. The van der Waals surface area contributed by atoms with E-state index in [1.54, 1.807) is 11.6 Å². The molecule has 3 aliphatic carbocycles. The zero-order valence-corrected chi connectivity index (χ0v) is 12.9. The number of hydrogen-bond acceptors (Lipinski definition) is 0. The summed E-state index contributed by atoms with van der Waals surface area (Å²) in [5, 5.41) is 5.21. The Bertz CT molecular complexity index is 482. The molecule has 93 valence electrons. The van der Waals surface area contributed by atoms with Gasteiger partial charge in [-0.25, -0.2) is 0 Å². The summed E-state index contributed by atoms with van der Waals surface area (Å²) >= 11 is -2.85. The van der Waals surface area contributed by atoms with Gasteiger partial charge in [-0.05, 0) is 0 Å². The maximum atomic E-state index is 2.60. The molecule has 3 aliphatic rings. The first kappa shape index (κ1) is 12.2. The van der Waals surface area contributed by atoms with Crippen molar-refractivity contribution >= 4 is 0 Å². The Morgan fingerprint density at radius 3 is 1.22 bits per heavy atom. The molecule has 18 heavy (non-hydrogen) atoms. The van der Waals surface area contributed by atoms with E-state index in [1.807, 2.05) is 0 Å². The second-order valence-corrected chi connectivity index (χ2v) is 16.8. The third-order valence-corrected chi connectivity index (χ3v) is 16.0. The fraction of sp³-hybridized carbons (Fsp3) is 0.294. The van der Waals surface area contributed by atoms with Crippen molar-refractivity contribution in [2.75, 3.05) is 0 Å². The molecule has 0 spiro atoms. The SMILES string of the molecule is [CH3][Ti]([CH3])([C]1=CC=CC1)([C]1=CC=CC1)[C]1=CC=CC1. The van der Waals surface area contributed by atoms with Crippen molar-refractivity contribution in [3.8, 4) is 0 Å². The minimum absolute atomic E-state index is 1.17. The van der Waals surface area contributed by atoms with Gasteiger partial charge >= 0.3 is 111 Å². The average Bonchev–Trinajstić information content (AvgIpc) is 3.13. The molecule has 0 atom stereocenters. The molecule has 0 aromatic rings. The quantitative estimate of drug-likeness (QED) is 0.612. The molecular formula is C17H21Ti. The van der Waals surface area contributed by atoms with Gasteiger partial charge in [0, 0.05) is 0 Å². The predicted molar refractivity (Wildman–Crippen MR) is 77.2 cm³/mol. The van der Waals surface area contributed by atoms with Gasteiger partial charge in [-0.3, -0.25) is 0 Å². The maximum absolute atomic E-state index is 2.85. The second-order valence-electron chi connectivity index (χ2n) is 6.35. The minimum atomic E-state index is -2.85. The van der Waals surface area contributed by atoms with Crippen LogP contribution >= 0.6 is 0 Å². The molecule has 0 bridgehead atoms. The Morgan fingerprint density at radius 2 is 1.00 bits per heavy atom. The molecule has 0 heterocycles. The summed E-state index contributed by atoms with van der Waals surface area (Å²) in [5.74, 6) is 0. The zero-order chi connectivity index (χ0) is 12.7. The fourth-order valence-corrected chi connectivity index (χ4v) is 11.8. The van der Waals surface area contributed by atoms with Crippen LogP contribution in [0.15, 0.2) is 66.3 Å². The molecule has 0 saturated carbocycles. The van der Waals surface area contributed by atoms with E-state index < -0.39 is 15.3 Å². The van der Waals surface area contributed by atoms with E-state index >= 15 is 0 Å². The van der Waals surface area contributed by atoms with Gasteiger partial charge in [-0.2, -0.15) is 0 Å². The van der Waals surface area contributed by atoms with Crippen molar-refractivity contribution in [3.63, 3.8) is 0 Å². The molecule has 0 N–H and O–H groups in total. The van der Waals surface area contributed by atoms with Gasteiger partial charge in [0.1, 0.15) is 0 Å².